The molecule has 25 heavy (non-hydrogen) atoms. The third-order valence-corrected chi connectivity index (χ3v) is 3.38. The summed E-state index contributed by atoms with van der Waals surface area (Å²) in [6, 6.07) is 4.64. The zero-order chi connectivity index (χ0) is 18.4. The highest BCUT2D eigenvalue weighted by atomic mass is 19.1. The van der Waals surface area contributed by atoms with Gasteiger partial charge in [-0.15, -0.1) is 0 Å². The smallest absolute Gasteiger partial charge is 0.328 e. The van der Waals surface area contributed by atoms with Crippen molar-refractivity contribution in [3.05, 3.63) is 59.3 Å². The van der Waals surface area contributed by atoms with Crippen LogP contribution in [-0.2, 0) is 16.0 Å². The number of ether oxygens (including phenoxy) is 2. The van der Waals surface area contributed by atoms with Crippen molar-refractivity contribution in [3.8, 4) is 5.88 Å². The van der Waals surface area contributed by atoms with E-state index in [2.05, 4.69) is 15.0 Å². The highest BCUT2D eigenvalue weighted by molar-refractivity contribution is 5.96. The standard InChI is InChI=1S/C17H16F2N2O4/c1-24-16-10(4-3-5-20-16)8-14(17(23)25-2)21-15(22)11-6-12(18)9-13(19)7-11/h3-7,9,14H,8H2,1-2H3,(H,21,22)/t14-/m1/s1. The van der Waals surface area contributed by atoms with Gasteiger partial charge in [0.2, 0.25) is 5.88 Å². The van der Waals surface area contributed by atoms with Gasteiger partial charge in [0.05, 0.1) is 14.2 Å². The van der Waals surface area contributed by atoms with Crippen LogP contribution in [0.3, 0.4) is 0 Å². The van der Waals surface area contributed by atoms with Crippen molar-refractivity contribution in [2.75, 3.05) is 14.2 Å². The van der Waals surface area contributed by atoms with E-state index in [-0.39, 0.29) is 12.0 Å². The molecule has 1 atom stereocenters. The number of carbonyl (C=O) groups is 2. The van der Waals surface area contributed by atoms with Gasteiger partial charge in [-0.3, -0.25) is 4.79 Å². The third kappa shape index (κ3) is 4.72. The van der Waals surface area contributed by atoms with E-state index >= 15 is 0 Å². The number of pyridine rings is 1. The molecule has 0 bridgehead atoms. The van der Waals surface area contributed by atoms with Gasteiger partial charge in [0.1, 0.15) is 17.7 Å². The number of amides is 1. The van der Waals surface area contributed by atoms with Gasteiger partial charge in [0, 0.05) is 29.8 Å². The molecule has 1 N–H and O–H groups in total. The Morgan fingerprint density at radius 3 is 2.48 bits per heavy atom. The van der Waals surface area contributed by atoms with Crippen LogP contribution in [0.15, 0.2) is 36.5 Å². The number of halogens is 2. The third-order valence-electron chi connectivity index (χ3n) is 3.38. The summed E-state index contributed by atoms with van der Waals surface area (Å²) in [5.41, 5.74) is 0.315. The Morgan fingerprint density at radius 1 is 1.20 bits per heavy atom. The first-order valence-electron chi connectivity index (χ1n) is 7.27. The van der Waals surface area contributed by atoms with E-state index in [0.29, 0.717) is 17.5 Å². The first-order valence-corrected chi connectivity index (χ1v) is 7.27. The fraction of sp³-hybridized carbons (Fsp3) is 0.235. The maximum Gasteiger partial charge on any atom is 0.328 e. The van der Waals surface area contributed by atoms with E-state index in [4.69, 9.17) is 4.74 Å². The highest BCUT2D eigenvalue weighted by Crippen LogP contribution is 2.17. The lowest BCUT2D eigenvalue weighted by Crippen LogP contribution is -2.43. The molecule has 0 saturated carbocycles. The van der Waals surface area contributed by atoms with Crippen molar-refractivity contribution in [2.45, 2.75) is 12.5 Å². The van der Waals surface area contributed by atoms with Gasteiger partial charge in [-0.1, -0.05) is 6.07 Å². The molecule has 132 valence electrons. The summed E-state index contributed by atoms with van der Waals surface area (Å²) in [5, 5.41) is 2.41. The molecule has 0 aliphatic heterocycles. The topological polar surface area (TPSA) is 77.5 Å². The number of aromatic nitrogens is 1. The quantitative estimate of drug-likeness (QED) is 0.805. The number of benzene rings is 1. The molecule has 0 radical (unpaired) electrons. The fourth-order valence-electron chi connectivity index (χ4n) is 2.25. The minimum absolute atomic E-state index is 0.0349. The lowest BCUT2D eigenvalue weighted by Gasteiger charge is -2.17. The van der Waals surface area contributed by atoms with Crippen LogP contribution in [0.4, 0.5) is 8.78 Å². The summed E-state index contributed by atoms with van der Waals surface area (Å²) in [6.45, 7) is 0. The molecular formula is C17H16F2N2O4. The molecule has 2 aromatic rings. The number of carbonyl (C=O) groups excluding carboxylic acids is 2. The van der Waals surface area contributed by atoms with Crippen LogP contribution >= 0.6 is 0 Å². The van der Waals surface area contributed by atoms with Crippen molar-refractivity contribution in [2.24, 2.45) is 0 Å². The molecule has 6 nitrogen and oxygen atoms in total. The van der Waals surface area contributed by atoms with Gasteiger partial charge in [-0.2, -0.15) is 0 Å². The number of nitrogens with zero attached hydrogens (tertiary/aromatic N) is 1. The monoisotopic (exact) mass is 350 g/mol. The minimum Gasteiger partial charge on any atom is -0.481 e. The van der Waals surface area contributed by atoms with Crippen LogP contribution in [0.1, 0.15) is 15.9 Å². The van der Waals surface area contributed by atoms with E-state index < -0.39 is 29.6 Å². The number of nitrogens with one attached hydrogen (secondary N) is 1. The van der Waals surface area contributed by atoms with Crippen LogP contribution in [0.2, 0.25) is 0 Å². The Hall–Kier alpha value is -3.03. The molecule has 2 rings (SSSR count). The number of rotatable bonds is 6. The van der Waals surface area contributed by atoms with E-state index in [1.54, 1.807) is 12.1 Å². The van der Waals surface area contributed by atoms with E-state index in [1.165, 1.54) is 20.4 Å². The zero-order valence-electron chi connectivity index (χ0n) is 13.6. The summed E-state index contributed by atoms with van der Waals surface area (Å²) in [5.74, 6) is -3.02. The summed E-state index contributed by atoms with van der Waals surface area (Å²) in [6.07, 6.45) is 1.55. The molecule has 1 aromatic carbocycles. The van der Waals surface area contributed by atoms with Gasteiger partial charge in [-0.25, -0.2) is 18.6 Å². The van der Waals surface area contributed by atoms with Crippen molar-refractivity contribution < 1.29 is 27.8 Å². The molecular weight excluding hydrogens is 334 g/mol. The van der Waals surface area contributed by atoms with E-state index in [9.17, 15) is 18.4 Å². The Bertz CT molecular complexity index is 763. The Labute approximate surface area is 142 Å². The SMILES string of the molecule is COC(=O)[C@@H](Cc1cccnc1OC)NC(=O)c1cc(F)cc(F)c1. The molecule has 1 amide bonds. The molecule has 0 aliphatic rings. The normalized spacial score (nSPS) is 11.5. The molecule has 1 aromatic heterocycles. The number of methoxy groups -OCH3 is 2. The van der Waals surface area contributed by atoms with Gasteiger partial charge < -0.3 is 14.8 Å². The van der Waals surface area contributed by atoms with Gasteiger partial charge in [0.15, 0.2) is 0 Å². The maximum atomic E-state index is 13.3. The second-order valence-electron chi connectivity index (χ2n) is 5.08. The lowest BCUT2D eigenvalue weighted by atomic mass is 10.1. The summed E-state index contributed by atoms with van der Waals surface area (Å²) in [4.78, 5) is 28.2. The van der Waals surface area contributed by atoms with Crippen molar-refractivity contribution in [3.63, 3.8) is 0 Å². The molecule has 0 unspecified atom stereocenters. The molecule has 0 fully saturated rings. The highest BCUT2D eigenvalue weighted by Gasteiger charge is 2.24. The average Bonchev–Trinajstić information content (AvgIpc) is 2.60. The van der Waals surface area contributed by atoms with Gasteiger partial charge in [0.25, 0.3) is 5.91 Å². The van der Waals surface area contributed by atoms with E-state index in [0.717, 1.165) is 12.1 Å². The zero-order valence-corrected chi connectivity index (χ0v) is 13.6. The largest absolute Gasteiger partial charge is 0.481 e. The Balaban J connectivity index is 2.23. The first kappa shape index (κ1) is 18.3. The predicted octanol–water partition coefficient (Wildman–Crippen LogP) is 1.88. The van der Waals surface area contributed by atoms with Crippen LogP contribution in [0, 0.1) is 11.6 Å². The number of hydrogen-bond donors (Lipinski definition) is 1. The van der Waals surface area contributed by atoms with Crippen LogP contribution in [0.25, 0.3) is 0 Å². The lowest BCUT2D eigenvalue weighted by molar-refractivity contribution is -0.142. The fourth-order valence-corrected chi connectivity index (χ4v) is 2.25. The molecule has 0 aliphatic carbocycles. The van der Waals surface area contributed by atoms with Crippen molar-refractivity contribution >= 4 is 11.9 Å². The molecule has 0 spiro atoms. The van der Waals surface area contributed by atoms with Gasteiger partial charge >= 0.3 is 5.97 Å². The number of esters is 1. The van der Waals surface area contributed by atoms with Gasteiger partial charge in [-0.05, 0) is 18.2 Å². The Morgan fingerprint density at radius 2 is 1.88 bits per heavy atom. The van der Waals surface area contributed by atoms with Crippen molar-refractivity contribution in [1.82, 2.24) is 10.3 Å². The summed E-state index contributed by atoms with van der Waals surface area (Å²) >= 11 is 0. The Kier molecular flexibility index (Phi) is 5.99. The molecule has 0 saturated heterocycles. The summed E-state index contributed by atoms with van der Waals surface area (Å²) < 4.78 is 36.3. The molecule has 8 heteroatoms. The minimum atomic E-state index is -1.08. The van der Waals surface area contributed by atoms with Crippen LogP contribution in [-0.4, -0.2) is 37.1 Å². The average molecular weight is 350 g/mol. The second-order valence-corrected chi connectivity index (χ2v) is 5.08. The van der Waals surface area contributed by atoms with E-state index in [1.807, 2.05) is 0 Å². The van der Waals surface area contributed by atoms with Crippen molar-refractivity contribution in [1.29, 1.82) is 0 Å². The predicted molar refractivity (Wildman–Crippen MR) is 84.1 cm³/mol. The maximum absolute atomic E-state index is 13.3. The summed E-state index contributed by atoms with van der Waals surface area (Å²) in [7, 11) is 2.59. The molecule has 1 heterocycles. The van der Waals surface area contributed by atoms with Crippen LogP contribution < -0.4 is 10.1 Å². The second kappa shape index (κ2) is 8.18. The number of hydrogen-bond acceptors (Lipinski definition) is 5. The van der Waals surface area contributed by atoms with Crippen LogP contribution in [0.5, 0.6) is 5.88 Å². The first-order chi connectivity index (χ1) is 11.9.